The van der Waals surface area contributed by atoms with Gasteiger partial charge in [0, 0.05) is 23.2 Å². The molecule has 92 valence electrons. The van der Waals surface area contributed by atoms with Gasteiger partial charge >= 0.3 is 0 Å². The van der Waals surface area contributed by atoms with Crippen molar-refractivity contribution in [1.82, 2.24) is 15.5 Å². The second kappa shape index (κ2) is 6.18. The number of aryl methyl sites for hydroxylation is 2. The molecule has 0 atom stereocenters. The van der Waals surface area contributed by atoms with Gasteiger partial charge in [0.15, 0.2) is 0 Å². The van der Waals surface area contributed by atoms with Crippen molar-refractivity contribution < 1.29 is 0 Å². The molecule has 0 aliphatic rings. The summed E-state index contributed by atoms with van der Waals surface area (Å²) in [6.45, 7) is 8.14. The van der Waals surface area contributed by atoms with Crippen LogP contribution in [0, 0.1) is 13.8 Å². The van der Waals surface area contributed by atoms with Crippen molar-refractivity contribution in [2.24, 2.45) is 0 Å². The second-order valence-corrected chi connectivity index (χ2v) is 3.95. The number of aromatic nitrogens is 2. The smallest absolute Gasteiger partial charge is 0.0679 e. The van der Waals surface area contributed by atoms with Gasteiger partial charge in [0.2, 0.25) is 0 Å². The van der Waals surface area contributed by atoms with Crippen LogP contribution in [0.1, 0.15) is 31.7 Å². The van der Waals surface area contributed by atoms with Crippen LogP contribution in [-0.2, 0) is 0 Å². The largest absolute Gasteiger partial charge is 0.388 e. The van der Waals surface area contributed by atoms with E-state index in [-0.39, 0.29) is 0 Å². The van der Waals surface area contributed by atoms with Crippen LogP contribution in [-0.4, -0.2) is 17.2 Å². The molecule has 0 unspecified atom stereocenters. The maximum Gasteiger partial charge on any atom is 0.0679 e. The van der Waals surface area contributed by atoms with Gasteiger partial charge in [-0.3, -0.25) is 0 Å². The van der Waals surface area contributed by atoms with Gasteiger partial charge in [-0.05, 0) is 33.3 Å². The van der Waals surface area contributed by atoms with E-state index in [1.165, 1.54) is 0 Å². The third-order valence-electron chi connectivity index (χ3n) is 2.72. The fourth-order valence-electron chi connectivity index (χ4n) is 1.80. The van der Waals surface area contributed by atoms with Crippen molar-refractivity contribution >= 4 is 12.2 Å². The summed E-state index contributed by atoms with van der Waals surface area (Å²) in [5.74, 6) is 0. The molecular weight excluding hydrogens is 210 g/mol. The summed E-state index contributed by atoms with van der Waals surface area (Å²) in [4.78, 5) is 0. The molecule has 0 aliphatic carbocycles. The zero-order valence-electron chi connectivity index (χ0n) is 11.3. The molecule has 1 heterocycles. The maximum absolute atomic E-state index is 4.18. The minimum absolute atomic E-state index is 0.959. The lowest BCUT2D eigenvalue weighted by atomic mass is 10.1. The maximum atomic E-state index is 4.18. The minimum Gasteiger partial charge on any atom is -0.388 e. The van der Waals surface area contributed by atoms with Crippen LogP contribution in [0.5, 0.6) is 0 Å². The number of nitrogens with one attached hydrogen (secondary N) is 1. The van der Waals surface area contributed by atoms with Gasteiger partial charge in [0.25, 0.3) is 0 Å². The quantitative estimate of drug-likeness (QED) is 0.849. The highest BCUT2D eigenvalue weighted by Gasteiger charge is 1.98. The standard InChI is InChI=1S/C14H21N3/c1-6-8-12(15-5)9-14-11(4)17-16-10(3)13(14)7-2/h7-9,15H,6H2,1-5H3/b12-8-,13-7?,14-9-. The predicted octanol–water partition coefficient (Wildman–Crippen LogP) is 1.19. The van der Waals surface area contributed by atoms with Crippen molar-refractivity contribution in [3.8, 4) is 0 Å². The molecule has 0 aromatic carbocycles. The monoisotopic (exact) mass is 231 g/mol. The third-order valence-corrected chi connectivity index (χ3v) is 2.72. The van der Waals surface area contributed by atoms with Crippen LogP contribution in [0.25, 0.3) is 12.2 Å². The Kier molecular flexibility index (Phi) is 4.88. The van der Waals surface area contributed by atoms with E-state index >= 15 is 0 Å². The molecule has 0 fully saturated rings. The van der Waals surface area contributed by atoms with Gasteiger partial charge in [-0.2, -0.15) is 10.2 Å². The summed E-state index contributed by atoms with van der Waals surface area (Å²) >= 11 is 0. The number of rotatable bonds is 3. The Morgan fingerprint density at radius 1 is 1.18 bits per heavy atom. The summed E-state index contributed by atoms with van der Waals surface area (Å²) in [6.07, 6.45) is 7.39. The van der Waals surface area contributed by atoms with Crippen molar-refractivity contribution in [2.45, 2.75) is 34.1 Å². The predicted molar refractivity (Wildman–Crippen MR) is 72.8 cm³/mol. The summed E-state index contributed by atoms with van der Waals surface area (Å²) in [7, 11) is 1.93. The summed E-state index contributed by atoms with van der Waals surface area (Å²) in [5, 5.41) is 13.8. The number of hydrogen-bond donors (Lipinski definition) is 1. The van der Waals surface area contributed by atoms with Crippen molar-refractivity contribution in [3.05, 3.63) is 33.6 Å². The van der Waals surface area contributed by atoms with E-state index in [0.29, 0.717) is 0 Å². The molecule has 0 amide bonds. The van der Waals surface area contributed by atoms with E-state index in [4.69, 9.17) is 0 Å². The molecule has 17 heavy (non-hydrogen) atoms. The van der Waals surface area contributed by atoms with Crippen LogP contribution < -0.4 is 15.8 Å². The molecule has 0 radical (unpaired) electrons. The molecule has 1 aromatic rings. The van der Waals surface area contributed by atoms with Crippen LogP contribution in [0.3, 0.4) is 0 Å². The molecular formula is C14H21N3. The van der Waals surface area contributed by atoms with E-state index in [1.54, 1.807) is 0 Å². The normalized spacial score (nSPS) is 14.3. The topological polar surface area (TPSA) is 37.8 Å². The van der Waals surface area contributed by atoms with Gasteiger partial charge in [-0.1, -0.05) is 19.1 Å². The number of hydrogen-bond acceptors (Lipinski definition) is 3. The van der Waals surface area contributed by atoms with Crippen LogP contribution in [0.4, 0.5) is 0 Å². The Morgan fingerprint density at radius 2 is 1.76 bits per heavy atom. The molecule has 0 saturated carbocycles. The molecule has 3 heteroatoms. The van der Waals surface area contributed by atoms with E-state index < -0.39 is 0 Å². The fraction of sp³-hybridized carbons (Fsp3) is 0.429. The Hall–Kier alpha value is -1.64. The lowest BCUT2D eigenvalue weighted by Gasteiger charge is -2.03. The van der Waals surface area contributed by atoms with Gasteiger partial charge < -0.3 is 5.32 Å². The SMILES string of the molecule is CC=c1c(C)nnc(C)/c1=C/C(=C/CC)NC. The fourth-order valence-corrected chi connectivity index (χ4v) is 1.80. The summed E-state index contributed by atoms with van der Waals surface area (Å²) < 4.78 is 0. The Morgan fingerprint density at radius 3 is 2.24 bits per heavy atom. The van der Waals surface area contributed by atoms with Crippen LogP contribution in [0.15, 0.2) is 11.8 Å². The highest BCUT2D eigenvalue weighted by Crippen LogP contribution is 1.93. The molecule has 0 saturated heterocycles. The number of nitrogens with zero attached hydrogens (tertiary/aromatic N) is 2. The zero-order chi connectivity index (χ0) is 12.8. The Bertz CT molecular complexity index is 527. The molecule has 1 aromatic heterocycles. The lowest BCUT2D eigenvalue weighted by molar-refractivity contribution is 0.911. The van der Waals surface area contributed by atoms with E-state index in [9.17, 15) is 0 Å². The van der Waals surface area contributed by atoms with Crippen molar-refractivity contribution in [3.63, 3.8) is 0 Å². The molecule has 0 bridgehead atoms. The Labute approximate surface area is 103 Å². The minimum atomic E-state index is 0.959. The average molecular weight is 231 g/mol. The molecule has 1 N–H and O–H groups in total. The van der Waals surface area contributed by atoms with Crippen molar-refractivity contribution in [2.75, 3.05) is 7.05 Å². The summed E-state index contributed by atoms with van der Waals surface area (Å²) in [5.41, 5.74) is 3.04. The first-order valence-electron chi connectivity index (χ1n) is 5.99. The molecule has 0 aliphatic heterocycles. The van der Waals surface area contributed by atoms with Crippen LogP contribution in [0.2, 0.25) is 0 Å². The van der Waals surface area contributed by atoms with Gasteiger partial charge in [0.05, 0.1) is 11.4 Å². The lowest BCUT2D eigenvalue weighted by Crippen LogP contribution is -2.33. The third kappa shape index (κ3) is 3.16. The molecule has 1 rings (SSSR count). The molecule has 3 nitrogen and oxygen atoms in total. The van der Waals surface area contributed by atoms with Gasteiger partial charge in [0.1, 0.15) is 0 Å². The van der Waals surface area contributed by atoms with Gasteiger partial charge in [-0.15, -0.1) is 0 Å². The van der Waals surface area contributed by atoms with E-state index in [0.717, 1.165) is 33.9 Å². The highest BCUT2D eigenvalue weighted by molar-refractivity contribution is 5.47. The first-order valence-corrected chi connectivity index (χ1v) is 5.99. The van der Waals surface area contributed by atoms with E-state index in [1.807, 2.05) is 27.8 Å². The first-order chi connectivity index (χ1) is 8.13. The summed E-state index contributed by atoms with van der Waals surface area (Å²) in [6, 6.07) is 0. The van der Waals surface area contributed by atoms with Crippen molar-refractivity contribution in [1.29, 1.82) is 0 Å². The van der Waals surface area contributed by atoms with Crippen LogP contribution >= 0.6 is 0 Å². The first kappa shape index (κ1) is 13.4. The van der Waals surface area contributed by atoms with E-state index in [2.05, 4.69) is 40.7 Å². The second-order valence-electron chi connectivity index (χ2n) is 3.95. The highest BCUT2D eigenvalue weighted by atomic mass is 15.1. The number of allylic oxidation sites excluding steroid dienone is 2. The zero-order valence-corrected chi connectivity index (χ0v) is 11.3. The average Bonchev–Trinajstić information content (AvgIpc) is 2.33. The molecule has 0 spiro atoms. The Balaban J connectivity index is 3.55. The van der Waals surface area contributed by atoms with Gasteiger partial charge in [-0.25, -0.2) is 0 Å².